The number of aryl methyl sites for hydroxylation is 1. The SMILES string of the molecule is Cc1cccc(N2CC[NH+](Cn3c(=S)oc4ccccc43)CC2)c1C. The maximum absolute atomic E-state index is 5.71. The summed E-state index contributed by atoms with van der Waals surface area (Å²) in [5, 5.41) is 0. The van der Waals surface area contributed by atoms with E-state index < -0.39 is 0 Å². The van der Waals surface area contributed by atoms with Crippen LogP contribution in [0.15, 0.2) is 46.9 Å². The van der Waals surface area contributed by atoms with Gasteiger partial charge in [-0.1, -0.05) is 24.3 Å². The van der Waals surface area contributed by atoms with Crippen molar-refractivity contribution < 1.29 is 9.32 Å². The fourth-order valence-electron chi connectivity index (χ4n) is 3.69. The third kappa shape index (κ3) is 3.10. The first-order chi connectivity index (χ1) is 12.1. The summed E-state index contributed by atoms with van der Waals surface area (Å²) in [7, 11) is 0. The molecular weight excluding hydrogens is 330 g/mol. The number of benzene rings is 2. The lowest BCUT2D eigenvalue weighted by molar-refractivity contribution is -0.923. The Bertz CT molecular complexity index is 951. The lowest BCUT2D eigenvalue weighted by Crippen LogP contribution is -3.14. The molecule has 2 aromatic carbocycles. The van der Waals surface area contributed by atoms with Crippen molar-refractivity contribution in [1.82, 2.24) is 4.57 Å². The zero-order valence-corrected chi connectivity index (χ0v) is 15.6. The third-order valence-corrected chi connectivity index (χ3v) is 5.65. The Morgan fingerprint density at radius 3 is 2.60 bits per heavy atom. The molecule has 0 atom stereocenters. The highest BCUT2D eigenvalue weighted by Gasteiger charge is 2.22. The van der Waals surface area contributed by atoms with Gasteiger partial charge in [0.1, 0.15) is 0 Å². The van der Waals surface area contributed by atoms with Crippen LogP contribution >= 0.6 is 12.2 Å². The molecule has 2 heterocycles. The molecule has 1 aliphatic heterocycles. The first-order valence-corrected chi connectivity index (χ1v) is 9.27. The van der Waals surface area contributed by atoms with Crippen molar-refractivity contribution in [3.63, 3.8) is 0 Å². The summed E-state index contributed by atoms with van der Waals surface area (Å²) in [5.74, 6) is 0. The van der Waals surface area contributed by atoms with Gasteiger partial charge in [0.25, 0.3) is 4.84 Å². The molecule has 0 bridgehead atoms. The van der Waals surface area contributed by atoms with Gasteiger partial charge in [-0.2, -0.15) is 0 Å². The highest BCUT2D eigenvalue weighted by molar-refractivity contribution is 7.71. The number of piperazine rings is 1. The molecule has 4 nitrogen and oxygen atoms in total. The molecule has 5 heteroatoms. The normalized spacial score (nSPS) is 15.8. The predicted octanol–water partition coefficient (Wildman–Crippen LogP) is 2.94. The van der Waals surface area contributed by atoms with E-state index in [9.17, 15) is 0 Å². The second-order valence-electron chi connectivity index (χ2n) is 6.88. The Hall–Kier alpha value is -2.11. The highest BCUT2D eigenvalue weighted by Crippen LogP contribution is 2.22. The van der Waals surface area contributed by atoms with Crippen molar-refractivity contribution in [2.24, 2.45) is 0 Å². The lowest BCUT2D eigenvalue weighted by Gasteiger charge is -2.34. The number of fused-ring (bicyclic) bond motifs is 1. The van der Waals surface area contributed by atoms with Crippen LogP contribution in [-0.4, -0.2) is 30.7 Å². The van der Waals surface area contributed by atoms with Gasteiger partial charge in [0.05, 0.1) is 31.7 Å². The van der Waals surface area contributed by atoms with E-state index in [1.165, 1.54) is 16.8 Å². The number of nitrogens with one attached hydrogen (secondary N) is 1. The molecule has 0 saturated carbocycles. The molecule has 1 fully saturated rings. The minimum absolute atomic E-state index is 0.575. The Morgan fingerprint density at radius 2 is 1.80 bits per heavy atom. The smallest absolute Gasteiger partial charge is 0.274 e. The Morgan fingerprint density at radius 1 is 1.04 bits per heavy atom. The second kappa shape index (κ2) is 6.65. The van der Waals surface area contributed by atoms with Crippen molar-refractivity contribution in [3.05, 3.63) is 58.4 Å². The van der Waals surface area contributed by atoms with E-state index in [1.807, 2.05) is 18.2 Å². The average Bonchev–Trinajstić information content (AvgIpc) is 2.94. The van der Waals surface area contributed by atoms with Crippen LogP contribution in [0.5, 0.6) is 0 Å². The lowest BCUT2D eigenvalue weighted by atomic mass is 10.1. The van der Waals surface area contributed by atoms with E-state index >= 15 is 0 Å². The molecule has 4 rings (SSSR count). The standard InChI is InChI=1S/C20H23N3OS/c1-15-6-5-8-17(16(15)2)22-12-10-21(11-13-22)14-23-18-7-3-4-9-19(18)24-20(23)25/h3-9H,10-14H2,1-2H3/p+1. The maximum Gasteiger partial charge on any atom is 0.274 e. The minimum Gasteiger partial charge on any atom is -0.429 e. The molecule has 25 heavy (non-hydrogen) atoms. The molecule has 0 radical (unpaired) electrons. The molecule has 0 spiro atoms. The summed E-state index contributed by atoms with van der Waals surface area (Å²) < 4.78 is 7.85. The molecule has 1 aliphatic rings. The van der Waals surface area contributed by atoms with Crippen molar-refractivity contribution in [3.8, 4) is 0 Å². The number of nitrogens with zero attached hydrogens (tertiary/aromatic N) is 2. The summed E-state index contributed by atoms with van der Waals surface area (Å²) in [4.78, 5) is 4.63. The molecule has 1 saturated heterocycles. The first-order valence-electron chi connectivity index (χ1n) is 8.86. The average molecular weight is 354 g/mol. The van der Waals surface area contributed by atoms with Gasteiger partial charge in [0, 0.05) is 5.69 Å². The molecule has 1 aromatic heterocycles. The van der Waals surface area contributed by atoms with E-state index in [4.69, 9.17) is 16.6 Å². The number of para-hydroxylation sites is 2. The maximum atomic E-state index is 5.71. The van der Waals surface area contributed by atoms with Crippen molar-refractivity contribution in [2.75, 3.05) is 31.1 Å². The topological polar surface area (TPSA) is 25.8 Å². The minimum atomic E-state index is 0.575. The van der Waals surface area contributed by atoms with Gasteiger partial charge < -0.3 is 14.2 Å². The summed E-state index contributed by atoms with van der Waals surface area (Å²) in [5.41, 5.74) is 6.11. The van der Waals surface area contributed by atoms with Crippen LogP contribution in [0, 0.1) is 18.7 Å². The van der Waals surface area contributed by atoms with Crippen LogP contribution in [0.25, 0.3) is 11.1 Å². The molecule has 1 N–H and O–H groups in total. The zero-order chi connectivity index (χ0) is 17.4. The number of anilines is 1. The molecular formula is C20H24N3OS+. The Kier molecular flexibility index (Phi) is 4.36. The van der Waals surface area contributed by atoms with Gasteiger partial charge in [-0.15, -0.1) is 0 Å². The number of rotatable bonds is 3. The molecule has 0 aliphatic carbocycles. The molecule has 0 amide bonds. The van der Waals surface area contributed by atoms with Gasteiger partial charge in [-0.25, -0.2) is 0 Å². The summed E-state index contributed by atoms with van der Waals surface area (Å²) in [6.45, 7) is 9.64. The van der Waals surface area contributed by atoms with E-state index in [-0.39, 0.29) is 0 Å². The first kappa shape index (κ1) is 16.4. The predicted molar refractivity (Wildman–Crippen MR) is 104 cm³/mol. The van der Waals surface area contributed by atoms with E-state index in [1.54, 1.807) is 4.90 Å². The number of hydrogen-bond acceptors (Lipinski definition) is 3. The van der Waals surface area contributed by atoms with Crippen LogP contribution in [0.4, 0.5) is 5.69 Å². The van der Waals surface area contributed by atoms with Crippen molar-refractivity contribution in [1.29, 1.82) is 0 Å². The number of aromatic nitrogens is 1. The molecule has 0 unspecified atom stereocenters. The van der Waals surface area contributed by atoms with Gasteiger partial charge in [-0.05, 0) is 55.4 Å². The van der Waals surface area contributed by atoms with E-state index in [2.05, 4.69) is 47.6 Å². The largest absolute Gasteiger partial charge is 0.429 e. The van der Waals surface area contributed by atoms with Crippen LogP contribution in [0.2, 0.25) is 0 Å². The van der Waals surface area contributed by atoms with E-state index in [0.29, 0.717) is 4.84 Å². The van der Waals surface area contributed by atoms with Crippen LogP contribution in [0.3, 0.4) is 0 Å². The number of hydrogen-bond donors (Lipinski definition) is 1. The Labute approximate surface area is 153 Å². The van der Waals surface area contributed by atoms with Gasteiger partial charge >= 0.3 is 0 Å². The fourth-order valence-corrected chi connectivity index (χ4v) is 3.94. The fraction of sp³-hybridized carbons (Fsp3) is 0.350. The van der Waals surface area contributed by atoms with Crippen molar-refractivity contribution >= 4 is 29.0 Å². The van der Waals surface area contributed by atoms with Gasteiger partial charge in [-0.3, -0.25) is 4.57 Å². The number of oxazole rings is 1. The van der Waals surface area contributed by atoms with Crippen LogP contribution < -0.4 is 9.80 Å². The third-order valence-electron chi connectivity index (χ3n) is 5.34. The number of quaternary nitrogens is 1. The summed E-state index contributed by atoms with van der Waals surface area (Å²) in [6, 6.07) is 14.7. The highest BCUT2D eigenvalue weighted by atomic mass is 32.1. The monoisotopic (exact) mass is 354 g/mol. The van der Waals surface area contributed by atoms with E-state index in [0.717, 1.165) is 43.9 Å². The quantitative estimate of drug-likeness (QED) is 0.733. The summed E-state index contributed by atoms with van der Waals surface area (Å²) in [6.07, 6.45) is 0. The molecule has 3 aromatic rings. The summed E-state index contributed by atoms with van der Waals surface area (Å²) >= 11 is 5.43. The Balaban J connectivity index is 1.48. The van der Waals surface area contributed by atoms with Crippen molar-refractivity contribution in [2.45, 2.75) is 20.5 Å². The van der Waals surface area contributed by atoms with Gasteiger partial charge in [0.15, 0.2) is 12.3 Å². The van der Waals surface area contributed by atoms with Crippen LogP contribution in [0.1, 0.15) is 11.1 Å². The van der Waals surface area contributed by atoms with Gasteiger partial charge in [0.2, 0.25) is 0 Å². The van der Waals surface area contributed by atoms with Crippen LogP contribution in [-0.2, 0) is 6.67 Å². The molecule has 130 valence electrons. The zero-order valence-electron chi connectivity index (χ0n) is 14.8. The second-order valence-corrected chi connectivity index (χ2v) is 7.23.